The molecule has 23 heavy (non-hydrogen) atoms. The molecule has 0 radical (unpaired) electrons. The third-order valence-electron chi connectivity index (χ3n) is 4.89. The molecule has 0 saturated carbocycles. The van der Waals surface area contributed by atoms with Crippen LogP contribution in [0.5, 0.6) is 0 Å². The van der Waals surface area contributed by atoms with E-state index in [0.717, 1.165) is 35.7 Å². The highest BCUT2D eigenvalue weighted by Gasteiger charge is 2.32. The number of halogens is 1. The SMILES string of the molecule is C[N+](C)(C)C1CCN(c2ccc(N)c(CC[Si](C)(C)C)c2)C1.[Cl-]. The molecule has 1 heterocycles. The molecule has 5 heteroatoms. The van der Waals surface area contributed by atoms with Gasteiger partial charge < -0.3 is 27.5 Å². The van der Waals surface area contributed by atoms with E-state index in [9.17, 15) is 0 Å². The maximum absolute atomic E-state index is 6.21. The number of anilines is 2. The molecule has 1 saturated heterocycles. The first-order valence-corrected chi connectivity index (χ1v) is 12.2. The molecule has 1 aromatic rings. The highest BCUT2D eigenvalue weighted by molar-refractivity contribution is 6.76. The Morgan fingerprint density at radius 1 is 1.22 bits per heavy atom. The fourth-order valence-electron chi connectivity index (χ4n) is 3.12. The summed E-state index contributed by atoms with van der Waals surface area (Å²) in [4.78, 5) is 2.53. The van der Waals surface area contributed by atoms with Gasteiger partial charge in [0.25, 0.3) is 0 Å². The minimum atomic E-state index is -1.02. The average molecular weight is 356 g/mol. The second kappa shape index (κ2) is 7.45. The van der Waals surface area contributed by atoms with Gasteiger partial charge in [0.1, 0.15) is 6.04 Å². The quantitative estimate of drug-likeness (QED) is 0.472. The fourth-order valence-corrected chi connectivity index (χ4v) is 4.14. The second-order valence-electron chi connectivity index (χ2n) is 8.95. The van der Waals surface area contributed by atoms with Crippen LogP contribution < -0.4 is 23.0 Å². The number of hydrogen-bond acceptors (Lipinski definition) is 2. The van der Waals surface area contributed by atoms with E-state index in [1.54, 1.807) is 0 Å². The van der Waals surface area contributed by atoms with Crippen molar-refractivity contribution in [3.8, 4) is 0 Å². The Morgan fingerprint density at radius 3 is 2.39 bits per heavy atom. The zero-order valence-electron chi connectivity index (χ0n) is 15.7. The molecule has 1 aromatic carbocycles. The number of hydrogen-bond donors (Lipinski definition) is 1. The van der Waals surface area contributed by atoms with Crippen molar-refractivity contribution in [3.63, 3.8) is 0 Å². The molecule has 3 nitrogen and oxygen atoms in total. The smallest absolute Gasteiger partial charge is 0.108 e. The number of benzene rings is 1. The average Bonchev–Trinajstić information content (AvgIpc) is 2.86. The Kier molecular flexibility index (Phi) is 6.59. The number of rotatable bonds is 5. The van der Waals surface area contributed by atoms with Gasteiger partial charge in [-0.15, -0.1) is 0 Å². The predicted octanol–water partition coefficient (Wildman–Crippen LogP) is 0.438. The number of nitrogens with zero attached hydrogens (tertiary/aromatic N) is 2. The van der Waals surface area contributed by atoms with Gasteiger partial charge in [-0.3, -0.25) is 0 Å². The van der Waals surface area contributed by atoms with Gasteiger partial charge in [0.2, 0.25) is 0 Å². The highest BCUT2D eigenvalue weighted by Crippen LogP contribution is 2.28. The van der Waals surface area contributed by atoms with Crippen molar-refractivity contribution in [2.24, 2.45) is 0 Å². The van der Waals surface area contributed by atoms with Gasteiger partial charge in [0.15, 0.2) is 0 Å². The summed E-state index contributed by atoms with van der Waals surface area (Å²) in [5, 5.41) is 0. The van der Waals surface area contributed by atoms with Gasteiger partial charge in [0.05, 0.1) is 27.7 Å². The topological polar surface area (TPSA) is 29.3 Å². The van der Waals surface area contributed by atoms with E-state index >= 15 is 0 Å². The Hall–Kier alpha value is -0.713. The van der Waals surface area contributed by atoms with Crippen molar-refractivity contribution >= 4 is 19.4 Å². The third-order valence-corrected chi connectivity index (χ3v) is 6.64. The lowest BCUT2D eigenvalue weighted by Crippen LogP contribution is -3.00. The first-order valence-electron chi connectivity index (χ1n) is 8.51. The van der Waals surface area contributed by atoms with E-state index in [1.165, 1.54) is 23.7 Å². The van der Waals surface area contributed by atoms with E-state index in [-0.39, 0.29) is 12.4 Å². The van der Waals surface area contributed by atoms with Crippen molar-refractivity contribution in [3.05, 3.63) is 23.8 Å². The lowest BCUT2D eigenvalue weighted by Gasteiger charge is -2.31. The van der Waals surface area contributed by atoms with Crippen LogP contribution in [0.1, 0.15) is 12.0 Å². The number of nitrogens with two attached hydrogens (primary N) is 1. The molecule has 2 rings (SSSR count). The Balaban J connectivity index is 0.00000264. The van der Waals surface area contributed by atoms with Crippen LogP contribution in [0, 0.1) is 0 Å². The summed E-state index contributed by atoms with van der Waals surface area (Å²) in [6.45, 7) is 9.61. The number of nitrogen functional groups attached to an aromatic ring is 1. The van der Waals surface area contributed by atoms with E-state index in [0.29, 0.717) is 0 Å². The van der Waals surface area contributed by atoms with Crippen LogP contribution >= 0.6 is 0 Å². The number of likely N-dealkylation sites (N-methyl/N-ethyl adjacent to an activating group) is 1. The van der Waals surface area contributed by atoms with Crippen LogP contribution in [-0.4, -0.2) is 52.8 Å². The van der Waals surface area contributed by atoms with E-state index in [1.807, 2.05) is 0 Å². The summed E-state index contributed by atoms with van der Waals surface area (Å²) in [5.74, 6) is 0. The predicted molar refractivity (Wildman–Crippen MR) is 101 cm³/mol. The van der Waals surface area contributed by atoms with Crippen LogP contribution in [0.4, 0.5) is 11.4 Å². The Morgan fingerprint density at radius 2 is 1.87 bits per heavy atom. The van der Waals surface area contributed by atoms with E-state index in [4.69, 9.17) is 5.73 Å². The van der Waals surface area contributed by atoms with Gasteiger partial charge in [-0.05, 0) is 30.2 Å². The molecular formula is C18H34ClN3Si. The van der Waals surface area contributed by atoms with Crippen LogP contribution in [0.3, 0.4) is 0 Å². The first kappa shape index (κ1) is 20.3. The first-order chi connectivity index (χ1) is 10.1. The summed E-state index contributed by atoms with van der Waals surface area (Å²) in [7, 11) is 5.89. The lowest BCUT2D eigenvalue weighted by atomic mass is 10.1. The second-order valence-corrected chi connectivity index (χ2v) is 14.6. The molecule has 1 aliphatic rings. The monoisotopic (exact) mass is 355 g/mol. The molecule has 0 aliphatic carbocycles. The maximum atomic E-state index is 6.21. The number of quaternary nitrogens is 1. The zero-order valence-corrected chi connectivity index (χ0v) is 17.5. The molecule has 0 spiro atoms. The number of aryl methyl sites for hydroxylation is 1. The molecule has 1 aliphatic heterocycles. The van der Waals surface area contributed by atoms with Crippen LogP contribution in [-0.2, 0) is 6.42 Å². The van der Waals surface area contributed by atoms with Crippen molar-refractivity contribution in [2.75, 3.05) is 44.9 Å². The Bertz CT molecular complexity index is 520. The minimum Gasteiger partial charge on any atom is -1.00 e. The third kappa shape index (κ3) is 5.70. The van der Waals surface area contributed by atoms with E-state index < -0.39 is 8.07 Å². The van der Waals surface area contributed by atoms with Gasteiger partial charge >= 0.3 is 0 Å². The van der Waals surface area contributed by atoms with Crippen LogP contribution in [0.15, 0.2) is 18.2 Å². The minimum absolute atomic E-state index is 0. The standard InChI is InChI=1S/C18H34N3Si.ClH/c1-21(2,3)17-9-11-20(14-17)16-7-8-18(19)15(13-16)10-12-22(4,5)6;/h7-8,13,17H,9-12,14,19H2,1-6H3;1H/q+1;/p-1. The van der Waals surface area contributed by atoms with Crippen LogP contribution in [0.25, 0.3) is 0 Å². The lowest BCUT2D eigenvalue weighted by molar-refractivity contribution is -0.893. The summed E-state index contributed by atoms with van der Waals surface area (Å²) in [6.07, 6.45) is 2.40. The van der Waals surface area contributed by atoms with Gasteiger partial charge in [-0.25, -0.2) is 0 Å². The van der Waals surface area contributed by atoms with Gasteiger partial charge in [-0.1, -0.05) is 25.7 Å². The summed E-state index contributed by atoms with van der Waals surface area (Å²) in [6, 6.07) is 8.68. The molecule has 0 amide bonds. The van der Waals surface area contributed by atoms with Crippen LogP contribution in [0.2, 0.25) is 25.7 Å². The molecule has 0 aromatic heterocycles. The molecule has 1 atom stereocenters. The van der Waals surface area contributed by atoms with Crippen molar-refractivity contribution in [1.29, 1.82) is 0 Å². The summed E-state index contributed by atoms with van der Waals surface area (Å²) in [5.41, 5.74) is 9.87. The van der Waals surface area contributed by atoms with E-state index in [2.05, 4.69) is 63.9 Å². The van der Waals surface area contributed by atoms with Crippen molar-refractivity contribution in [1.82, 2.24) is 0 Å². The summed E-state index contributed by atoms with van der Waals surface area (Å²) >= 11 is 0. The van der Waals surface area contributed by atoms with Gasteiger partial charge in [-0.2, -0.15) is 0 Å². The van der Waals surface area contributed by atoms with Gasteiger partial charge in [0, 0.05) is 32.4 Å². The zero-order chi connectivity index (χ0) is 16.5. The fraction of sp³-hybridized carbons (Fsp3) is 0.667. The molecule has 132 valence electrons. The summed E-state index contributed by atoms with van der Waals surface area (Å²) < 4.78 is 1.05. The Labute approximate surface area is 149 Å². The molecular weight excluding hydrogens is 322 g/mol. The normalized spacial score (nSPS) is 18.9. The maximum Gasteiger partial charge on any atom is 0.108 e. The molecule has 1 unspecified atom stereocenters. The van der Waals surface area contributed by atoms with Crippen molar-refractivity contribution in [2.45, 2.75) is 44.6 Å². The molecule has 2 N–H and O–H groups in total. The van der Waals surface area contributed by atoms with Crippen molar-refractivity contribution < 1.29 is 16.9 Å². The highest BCUT2D eigenvalue weighted by atomic mass is 35.5. The largest absolute Gasteiger partial charge is 1.00 e. The molecule has 1 fully saturated rings. The molecule has 0 bridgehead atoms.